The van der Waals surface area contributed by atoms with Gasteiger partial charge in [-0.15, -0.1) is 0 Å². The Morgan fingerprint density at radius 1 is 1.53 bits per heavy atom. The van der Waals surface area contributed by atoms with Crippen molar-refractivity contribution in [1.82, 2.24) is 5.32 Å². The zero-order valence-corrected chi connectivity index (χ0v) is 10.6. The van der Waals surface area contributed by atoms with Crippen LogP contribution in [0.15, 0.2) is 24.3 Å². The molecule has 1 aromatic rings. The Morgan fingerprint density at radius 2 is 2.24 bits per heavy atom. The SMILES string of the molecule is CCC(C)(CN)NC(=O)c1cccc(OC)c1. The first-order chi connectivity index (χ1) is 8.04. The van der Waals surface area contributed by atoms with Crippen molar-refractivity contribution >= 4 is 5.91 Å². The van der Waals surface area contributed by atoms with Gasteiger partial charge in [0.25, 0.3) is 5.91 Å². The monoisotopic (exact) mass is 236 g/mol. The van der Waals surface area contributed by atoms with Gasteiger partial charge in [0.2, 0.25) is 0 Å². The van der Waals surface area contributed by atoms with Crippen molar-refractivity contribution in [2.45, 2.75) is 25.8 Å². The number of hydrogen-bond acceptors (Lipinski definition) is 3. The van der Waals surface area contributed by atoms with Gasteiger partial charge in [-0.25, -0.2) is 0 Å². The lowest BCUT2D eigenvalue weighted by Crippen LogP contribution is -2.50. The van der Waals surface area contributed by atoms with E-state index >= 15 is 0 Å². The summed E-state index contributed by atoms with van der Waals surface area (Å²) in [6.45, 7) is 4.35. The van der Waals surface area contributed by atoms with E-state index in [0.717, 1.165) is 6.42 Å². The predicted octanol–water partition coefficient (Wildman–Crippen LogP) is 1.55. The maximum absolute atomic E-state index is 12.0. The van der Waals surface area contributed by atoms with Crippen LogP contribution in [0.5, 0.6) is 5.75 Å². The highest BCUT2D eigenvalue weighted by Gasteiger charge is 2.22. The van der Waals surface area contributed by atoms with E-state index in [-0.39, 0.29) is 11.4 Å². The van der Waals surface area contributed by atoms with Gasteiger partial charge < -0.3 is 15.8 Å². The molecule has 0 aromatic heterocycles. The van der Waals surface area contributed by atoms with Crippen molar-refractivity contribution in [3.63, 3.8) is 0 Å². The number of carbonyl (C=O) groups excluding carboxylic acids is 1. The first-order valence-electron chi connectivity index (χ1n) is 5.71. The van der Waals surface area contributed by atoms with Gasteiger partial charge in [0.05, 0.1) is 7.11 Å². The van der Waals surface area contributed by atoms with Gasteiger partial charge in [-0.3, -0.25) is 4.79 Å². The van der Waals surface area contributed by atoms with Crippen molar-refractivity contribution in [3.05, 3.63) is 29.8 Å². The molecule has 0 saturated heterocycles. The third-order valence-electron chi connectivity index (χ3n) is 2.98. The van der Waals surface area contributed by atoms with Gasteiger partial charge in [0, 0.05) is 17.6 Å². The standard InChI is InChI=1S/C13H20N2O2/c1-4-13(2,9-14)15-12(16)10-6-5-7-11(8-10)17-3/h5-8H,4,9,14H2,1-3H3,(H,15,16). The molecule has 0 fully saturated rings. The highest BCUT2D eigenvalue weighted by molar-refractivity contribution is 5.95. The lowest BCUT2D eigenvalue weighted by molar-refractivity contribution is 0.0906. The fraction of sp³-hybridized carbons (Fsp3) is 0.462. The first kappa shape index (κ1) is 13.5. The van der Waals surface area contributed by atoms with Gasteiger partial charge in [0.15, 0.2) is 0 Å². The molecule has 0 spiro atoms. The van der Waals surface area contributed by atoms with Crippen LogP contribution in [-0.4, -0.2) is 25.1 Å². The van der Waals surface area contributed by atoms with E-state index in [9.17, 15) is 4.79 Å². The molecule has 3 N–H and O–H groups in total. The molecule has 1 unspecified atom stereocenters. The summed E-state index contributed by atoms with van der Waals surface area (Å²) < 4.78 is 5.08. The Balaban J connectivity index is 2.82. The minimum atomic E-state index is -0.361. The quantitative estimate of drug-likeness (QED) is 0.815. The minimum Gasteiger partial charge on any atom is -0.497 e. The fourth-order valence-corrected chi connectivity index (χ4v) is 1.39. The summed E-state index contributed by atoms with van der Waals surface area (Å²) >= 11 is 0. The average Bonchev–Trinajstić information content (AvgIpc) is 2.38. The fourth-order valence-electron chi connectivity index (χ4n) is 1.39. The van der Waals surface area contributed by atoms with Crippen molar-refractivity contribution < 1.29 is 9.53 Å². The van der Waals surface area contributed by atoms with Crippen LogP contribution in [0.3, 0.4) is 0 Å². The molecule has 17 heavy (non-hydrogen) atoms. The summed E-state index contributed by atoms with van der Waals surface area (Å²) in [6.07, 6.45) is 0.791. The molecule has 1 atom stereocenters. The maximum atomic E-state index is 12.0. The summed E-state index contributed by atoms with van der Waals surface area (Å²) in [7, 11) is 1.58. The molecule has 0 bridgehead atoms. The number of rotatable bonds is 5. The molecular weight excluding hydrogens is 216 g/mol. The number of amides is 1. The lowest BCUT2D eigenvalue weighted by Gasteiger charge is -2.27. The summed E-state index contributed by atoms with van der Waals surface area (Å²) in [6, 6.07) is 7.06. The molecule has 1 rings (SSSR count). The second-order valence-corrected chi connectivity index (χ2v) is 4.30. The van der Waals surface area contributed by atoms with E-state index in [1.54, 1.807) is 31.4 Å². The van der Waals surface area contributed by atoms with Crippen LogP contribution in [0.2, 0.25) is 0 Å². The number of carbonyl (C=O) groups is 1. The molecule has 4 heteroatoms. The molecular formula is C13H20N2O2. The molecule has 1 aromatic carbocycles. The Hall–Kier alpha value is -1.55. The zero-order valence-electron chi connectivity index (χ0n) is 10.6. The van der Waals surface area contributed by atoms with Crippen LogP contribution in [0, 0.1) is 0 Å². The Labute approximate surface area is 102 Å². The highest BCUT2D eigenvalue weighted by Crippen LogP contribution is 2.14. The number of hydrogen-bond donors (Lipinski definition) is 2. The molecule has 0 aliphatic carbocycles. The number of benzene rings is 1. The summed E-state index contributed by atoms with van der Waals surface area (Å²) in [5, 5.41) is 2.94. The number of nitrogens with one attached hydrogen (secondary N) is 1. The van der Waals surface area contributed by atoms with Gasteiger partial charge in [-0.1, -0.05) is 13.0 Å². The van der Waals surface area contributed by atoms with Crippen LogP contribution in [0.1, 0.15) is 30.6 Å². The molecule has 1 amide bonds. The third kappa shape index (κ3) is 3.46. The highest BCUT2D eigenvalue weighted by atomic mass is 16.5. The average molecular weight is 236 g/mol. The molecule has 0 heterocycles. The molecule has 0 radical (unpaired) electrons. The Kier molecular flexibility index (Phi) is 4.52. The van der Waals surface area contributed by atoms with Crippen molar-refractivity contribution in [3.8, 4) is 5.75 Å². The van der Waals surface area contributed by atoms with Crippen LogP contribution in [-0.2, 0) is 0 Å². The van der Waals surface area contributed by atoms with Gasteiger partial charge >= 0.3 is 0 Å². The van der Waals surface area contributed by atoms with Crippen LogP contribution in [0.25, 0.3) is 0 Å². The van der Waals surface area contributed by atoms with Gasteiger partial charge in [-0.05, 0) is 31.5 Å². The summed E-state index contributed by atoms with van der Waals surface area (Å²) in [5.41, 5.74) is 5.88. The predicted molar refractivity (Wildman–Crippen MR) is 68.2 cm³/mol. The van der Waals surface area contributed by atoms with Crippen molar-refractivity contribution in [2.75, 3.05) is 13.7 Å². The minimum absolute atomic E-state index is 0.126. The smallest absolute Gasteiger partial charge is 0.251 e. The second-order valence-electron chi connectivity index (χ2n) is 4.30. The molecule has 0 saturated carbocycles. The topological polar surface area (TPSA) is 64.3 Å². The van der Waals surface area contributed by atoms with Crippen LogP contribution < -0.4 is 15.8 Å². The van der Waals surface area contributed by atoms with Gasteiger partial charge in [0.1, 0.15) is 5.75 Å². The van der Waals surface area contributed by atoms with E-state index in [4.69, 9.17) is 10.5 Å². The number of methoxy groups -OCH3 is 1. The Bertz CT molecular complexity index is 387. The number of ether oxygens (including phenoxy) is 1. The molecule has 4 nitrogen and oxygen atoms in total. The van der Waals surface area contributed by atoms with Crippen LogP contribution in [0.4, 0.5) is 0 Å². The zero-order chi connectivity index (χ0) is 12.9. The van der Waals surface area contributed by atoms with E-state index in [1.807, 2.05) is 13.8 Å². The third-order valence-corrected chi connectivity index (χ3v) is 2.98. The Morgan fingerprint density at radius 3 is 2.76 bits per heavy atom. The largest absolute Gasteiger partial charge is 0.497 e. The van der Waals surface area contributed by atoms with Gasteiger partial charge in [-0.2, -0.15) is 0 Å². The van der Waals surface area contributed by atoms with Crippen molar-refractivity contribution in [1.29, 1.82) is 0 Å². The first-order valence-corrected chi connectivity index (χ1v) is 5.71. The molecule has 0 aliphatic heterocycles. The van der Waals surface area contributed by atoms with E-state index < -0.39 is 0 Å². The molecule has 94 valence electrons. The lowest BCUT2D eigenvalue weighted by atomic mass is 9.98. The second kappa shape index (κ2) is 5.68. The summed E-state index contributed by atoms with van der Waals surface area (Å²) in [4.78, 5) is 12.0. The van der Waals surface area contributed by atoms with Crippen LogP contribution >= 0.6 is 0 Å². The van der Waals surface area contributed by atoms with E-state index in [0.29, 0.717) is 17.9 Å². The molecule has 0 aliphatic rings. The van der Waals surface area contributed by atoms with E-state index in [2.05, 4.69) is 5.32 Å². The summed E-state index contributed by atoms with van der Waals surface area (Å²) in [5.74, 6) is 0.544. The number of nitrogens with two attached hydrogens (primary N) is 1. The maximum Gasteiger partial charge on any atom is 0.251 e. The normalized spacial score (nSPS) is 13.9. The van der Waals surface area contributed by atoms with E-state index in [1.165, 1.54) is 0 Å². The van der Waals surface area contributed by atoms with Crippen molar-refractivity contribution in [2.24, 2.45) is 5.73 Å².